The van der Waals surface area contributed by atoms with Crippen molar-refractivity contribution in [3.05, 3.63) is 51.7 Å². The van der Waals surface area contributed by atoms with Gasteiger partial charge in [-0.25, -0.2) is 4.39 Å². The third-order valence-corrected chi connectivity index (χ3v) is 5.95. The van der Waals surface area contributed by atoms with Crippen molar-refractivity contribution in [2.24, 2.45) is 0 Å². The fraction of sp³-hybridized carbons (Fsp3) is 0.381. The average molecular weight is 400 g/mol. The Morgan fingerprint density at radius 1 is 1.29 bits per heavy atom. The van der Waals surface area contributed by atoms with Gasteiger partial charge in [-0.2, -0.15) is 5.26 Å². The summed E-state index contributed by atoms with van der Waals surface area (Å²) < 4.78 is 18.8. The highest BCUT2D eigenvalue weighted by atomic mass is 32.1. The van der Waals surface area contributed by atoms with Crippen molar-refractivity contribution < 1.29 is 18.7 Å². The van der Waals surface area contributed by atoms with Crippen molar-refractivity contribution in [2.45, 2.75) is 51.6 Å². The Hall–Kier alpha value is -2.72. The van der Waals surface area contributed by atoms with Gasteiger partial charge in [0.2, 0.25) is 0 Å². The Kier molecular flexibility index (Phi) is 6.42. The van der Waals surface area contributed by atoms with E-state index in [9.17, 15) is 19.2 Å². The van der Waals surface area contributed by atoms with Gasteiger partial charge in [0.1, 0.15) is 16.9 Å². The van der Waals surface area contributed by atoms with Crippen LogP contribution in [-0.4, -0.2) is 18.0 Å². The van der Waals surface area contributed by atoms with E-state index in [0.717, 1.165) is 42.5 Å². The van der Waals surface area contributed by atoms with E-state index < -0.39 is 23.8 Å². The number of nitriles is 1. The molecular weight excluding hydrogens is 379 g/mol. The van der Waals surface area contributed by atoms with Crippen LogP contribution in [0.15, 0.2) is 24.3 Å². The van der Waals surface area contributed by atoms with Crippen molar-refractivity contribution in [3.8, 4) is 6.07 Å². The summed E-state index contributed by atoms with van der Waals surface area (Å²) in [7, 11) is 0. The van der Waals surface area contributed by atoms with Crippen LogP contribution in [-0.2, 0) is 33.6 Å². The highest BCUT2D eigenvalue weighted by Gasteiger charge is 2.24. The zero-order valence-electron chi connectivity index (χ0n) is 15.6. The molecule has 2 aromatic rings. The number of halogens is 1. The van der Waals surface area contributed by atoms with Crippen LogP contribution in [0.1, 0.15) is 47.8 Å². The Labute approximate surface area is 167 Å². The lowest BCUT2D eigenvalue weighted by Crippen LogP contribution is -2.30. The van der Waals surface area contributed by atoms with E-state index >= 15 is 0 Å². The second-order valence-corrected chi connectivity index (χ2v) is 7.88. The first kappa shape index (κ1) is 20.0. The number of hydrogen-bond donors (Lipinski definition) is 1. The number of aryl methyl sites for hydroxylation is 1. The molecule has 5 nitrogen and oxygen atoms in total. The lowest BCUT2D eigenvalue weighted by Gasteiger charge is -2.13. The molecule has 3 rings (SSSR count). The number of thiophene rings is 1. The first-order valence-electron chi connectivity index (χ1n) is 9.28. The number of amides is 1. The molecule has 28 heavy (non-hydrogen) atoms. The maximum Gasteiger partial charge on any atom is 0.311 e. The minimum atomic E-state index is -1.05. The Balaban J connectivity index is 1.64. The van der Waals surface area contributed by atoms with Crippen LogP contribution in [0.25, 0.3) is 0 Å². The largest absolute Gasteiger partial charge is 0.452 e. The normalized spacial score (nSPS) is 14.3. The van der Waals surface area contributed by atoms with Gasteiger partial charge in [-0.05, 0) is 49.8 Å². The van der Waals surface area contributed by atoms with Gasteiger partial charge in [0.25, 0.3) is 5.91 Å². The van der Waals surface area contributed by atoms with Gasteiger partial charge in [0.15, 0.2) is 6.10 Å². The number of hydrogen-bond acceptors (Lipinski definition) is 5. The first-order valence-corrected chi connectivity index (χ1v) is 10.1. The number of nitrogens with zero attached hydrogens (tertiary/aromatic N) is 1. The van der Waals surface area contributed by atoms with Crippen LogP contribution >= 0.6 is 11.3 Å². The third-order valence-electron chi connectivity index (χ3n) is 4.74. The zero-order valence-corrected chi connectivity index (χ0v) is 16.4. The van der Waals surface area contributed by atoms with E-state index in [1.54, 1.807) is 6.07 Å². The monoisotopic (exact) mass is 400 g/mol. The molecule has 7 heteroatoms. The smallest absolute Gasteiger partial charge is 0.311 e. The van der Waals surface area contributed by atoms with Crippen LogP contribution < -0.4 is 5.32 Å². The molecule has 0 fully saturated rings. The van der Waals surface area contributed by atoms with Crippen LogP contribution in [0, 0.1) is 17.1 Å². The lowest BCUT2D eigenvalue weighted by molar-refractivity contribution is -0.152. The van der Waals surface area contributed by atoms with Crippen molar-refractivity contribution >= 4 is 28.2 Å². The van der Waals surface area contributed by atoms with Gasteiger partial charge >= 0.3 is 5.97 Å². The van der Waals surface area contributed by atoms with Gasteiger partial charge in [0, 0.05) is 4.88 Å². The summed E-state index contributed by atoms with van der Waals surface area (Å²) >= 11 is 1.42. The number of anilines is 1. The van der Waals surface area contributed by atoms with Gasteiger partial charge < -0.3 is 10.1 Å². The maximum absolute atomic E-state index is 13.6. The highest BCUT2D eigenvalue weighted by Crippen LogP contribution is 2.37. The van der Waals surface area contributed by atoms with E-state index in [0.29, 0.717) is 10.6 Å². The number of rotatable bonds is 5. The summed E-state index contributed by atoms with van der Waals surface area (Å²) in [4.78, 5) is 25.6. The average Bonchev–Trinajstić information content (AvgIpc) is 2.83. The first-order chi connectivity index (χ1) is 13.5. The fourth-order valence-corrected chi connectivity index (χ4v) is 4.49. The van der Waals surface area contributed by atoms with Crippen molar-refractivity contribution in [2.75, 3.05) is 5.32 Å². The lowest BCUT2D eigenvalue weighted by atomic mass is 10.1. The van der Waals surface area contributed by atoms with Crippen LogP contribution in [0.2, 0.25) is 0 Å². The minimum absolute atomic E-state index is 0.217. The predicted molar refractivity (Wildman–Crippen MR) is 105 cm³/mol. The van der Waals surface area contributed by atoms with Crippen LogP contribution in [0.3, 0.4) is 0 Å². The number of carbonyl (C=O) groups is 2. The summed E-state index contributed by atoms with van der Waals surface area (Å²) in [5.74, 6) is -1.68. The van der Waals surface area contributed by atoms with Crippen molar-refractivity contribution in [1.82, 2.24) is 0 Å². The van der Waals surface area contributed by atoms with Gasteiger partial charge in [0.05, 0.1) is 12.0 Å². The van der Waals surface area contributed by atoms with E-state index in [-0.39, 0.29) is 12.0 Å². The fourth-order valence-electron chi connectivity index (χ4n) is 3.25. The molecule has 1 aromatic carbocycles. The van der Waals surface area contributed by atoms with Crippen molar-refractivity contribution in [3.63, 3.8) is 0 Å². The Bertz CT molecular complexity index is 932. The predicted octanol–water partition coefficient (Wildman–Crippen LogP) is 4.14. The summed E-state index contributed by atoms with van der Waals surface area (Å²) in [5.41, 5.74) is 1.76. The number of esters is 1. The molecule has 0 spiro atoms. The molecule has 1 atom stereocenters. The summed E-state index contributed by atoms with van der Waals surface area (Å²) in [6, 6.07) is 8.14. The highest BCUT2D eigenvalue weighted by molar-refractivity contribution is 7.16. The molecule has 0 bridgehead atoms. The summed E-state index contributed by atoms with van der Waals surface area (Å²) in [6.45, 7) is 1.46. The molecule has 0 saturated carbocycles. The number of nitrogens with one attached hydrogen (secondary N) is 1. The topological polar surface area (TPSA) is 79.2 Å². The molecule has 0 aliphatic heterocycles. The molecule has 1 heterocycles. The molecule has 146 valence electrons. The maximum atomic E-state index is 13.6. The standard InChI is InChI=1S/C21H21FN2O3S/c1-13(27-19(25)11-14-7-5-6-9-17(14)22)20(26)24-21-16(12-23)15-8-3-2-4-10-18(15)28-21/h5-7,9,13H,2-4,8,10-11H2,1H3,(H,24,26)/t13-/m1/s1. The van der Waals surface area contributed by atoms with Crippen molar-refractivity contribution in [1.29, 1.82) is 5.26 Å². The molecular formula is C21H21FN2O3S. The van der Waals surface area contributed by atoms with Gasteiger partial charge in [-0.3, -0.25) is 9.59 Å². The van der Waals surface area contributed by atoms with Crippen LogP contribution in [0.5, 0.6) is 0 Å². The molecule has 0 unspecified atom stereocenters. The number of benzene rings is 1. The molecule has 1 aliphatic carbocycles. The zero-order chi connectivity index (χ0) is 20.1. The molecule has 1 amide bonds. The van der Waals surface area contributed by atoms with Gasteiger partial charge in [-0.1, -0.05) is 24.6 Å². The SMILES string of the molecule is C[C@@H](OC(=O)Cc1ccccc1F)C(=O)Nc1sc2c(c1C#N)CCCCC2. The molecule has 0 saturated heterocycles. The van der Waals surface area contributed by atoms with E-state index in [2.05, 4.69) is 11.4 Å². The van der Waals surface area contributed by atoms with E-state index in [1.165, 1.54) is 36.5 Å². The number of ether oxygens (including phenoxy) is 1. The Morgan fingerprint density at radius 3 is 2.79 bits per heavy atom. The van der Waals surface area contributed by atoms with E-state index in [1.807, 2.05) is 0 Å². The molecule has 1 N–H and O–H groups in total. The molecule has 0 radical (unpaired) electrons. The summed E-state index contributed by atoms with van der Waals surface area (Å²) in [6.07, 6.45) is 3.72. The second kappa shape index (κ2) is 8.98. The third kappa shape index (κ3) is 4.57. The van der Waals surface area contributed by atoms with E-state index in [4.69, 9.17) is 4.74 Å². The molecule has 1 aromatic heterocycles. The quantitative estimate of drug-likeness (QED) is 0.604. The number of carbonyl (C=O) groups excluding carboxylic acids is 2. The minimum Gasteiger partial charge on any atom is -0.452 e. The number of fused-ring (bicyclic) bond motifs is 1. The summed E-state index contributed by atoms with van der Waals surface area (Å²) in [5, 5.41) is 12.8. The molecule has 1 aliphatic rings. The van der Waals surface area contributed by atoms with Crippen LogP contribution in [0.4, 0.5) is 9.39 Å². The van der Waals surface area contributed by atoms with Gasteiger partial charge in [-0.15, -0.1) is 11.3 Å². The Morgan fingerprint density at radius 2 is 2.04 bits per heavy atom. The second-order valence-electron chi connectivity index (χ2n) is 6.77.